The van der Waals surface area contributed by atoms with Gasteiger partial charge in [-0.2, -0.15) is 0 Å². The van der Waals surface area contributed by atoms with Gasteiger partial charge < -0.3 is 9.80 Å². The quantitative estimate of drug-likeness (QED) is 0.886. The van der Waals surface area contributed by atoms with Gasteiger partial charge in [-0.15, -0.1) is 0 Å². The van der Waals surface area contributed by atoms with Gasteiger partial charge in [-0.3, -0.25) is 4.79 Å². The van der Waals surface area contributed by atoms with E-state index in [1.54, 1.807) is 18.2 Å². The summed E-state index contributed by atoms with van der Waals surface area (Å²) in [7, 11) is 0. The number of carbonyl (C=O) groups excluding carboxylic acids is 1. The molecule has 0 aromatic heterocycles. The van der Waals surface area contributed by atoms with Crippen LogP contribution < -0.4 is 4.90 Å². The molecule has 5 heteroatoms. The van der Waals surface area contributed by atoms with Crippen molar-refractivity contribution in [2.24, 2.45) is 0 Å². The summed E-state index contributed by atoms with van der Waals surface area (Å²) in [6, 6.07) is 15.8. The van der Waals surface area contributed by atoms with E-state index in [4.69, 9.17) is 23.2 Å². The molecule has 1 N–H and O–H groups in total. The molecule has 0 aliphatic carbocycles. The zero-order valence-electron chi connectivity index (χ0n) is 13.5. The third kappa shape index (κ3) is 4.29. The Bertz CT molecular complexity index is 678. The number of rotatable bonds is 4. The van der Waals surface area contributed by atoms with Crippen LogP contribution in [0.3, 0.4) is 0 Å². The number of hydrogen-bond donors (Lipinski definition) is 1. The van der Waals surface area contributed by atoms with Crippen molar-refractivity contribution >= 4 is 29.1 Å². The second-order valence-corrected chi connectivity index (χ2v) is 6.98. The summed E-state index contributed by atoms with van der Waals surface area (Å²) in [4.78, 5) is 16.0. The fourth-order valence-electron chi connectivity index (χ4n) is 3.10. The van der Waals surface area contributed by atoms with E-state index in [0.717, 1.165) is 38.3 Å². The van der Waals surface area contributed by atoms with Crippen LogP contribution in [0.25, 0.3) is 0 Å². The van der Waals surface area contributed by atoms with Crippen LogP contribution in [-0.2, 0) is 17.8 Å². The van der Waals surface area contributed by atoms with Crippen LogP contribution in [0.15, 0.2) is 48.5 Å². The molecule has 24 heavy (non-hydrogen) atoms. The van der Waals surface area contributed by atoms with E-state index in [0.29, 0.717) is 10.0 Å². The fourth-order valence-corrected chi connectivity index (χ4v) is 3.63. The van der Waals surface area contributed by atoms with Gasteiger partial charge >= 0.3 is 0 Å². The van der Waals surface area contributed by atoms with Crippen molar-refractivity contribution in [3.05, 3.63) is 69.7 Å². The van der Waals surface area contributed by atoms with E-state index in [-0.39, 0.29) is 12.3 Å². The number of nitrogens with zero attached hydrogens (tertiary/aromatic N) is 1. The number of benzene rings is 2. The van der Waals surface area contributed by atoms with Crippen molar-refractivity contribution in [1.82, 2.24) is 4.90 Å². The number of carbonyl (C=O) groups is 1. The maximum atomic E-state index is 12.5. The van der Waals surface area contributed by atoms with Crippen molar-refractivity contribution in [1.29, 1.82) is 0 Å². The highest BCUT2D eigenvalue weighted by atomic mass is 35.5. The van der Waals surface area contributed by atoms with Gasteiger partial charge in [0.05, 0.1) is 32.6 Å². The minimum Gasteiger partial charge on any atom is -0.331 e. The van der Waals surface area contributed by atoms with Crippen LogP contribution in [0.2, 0.25) is 10.0 Å². The second-order valence-electron chi connectivity index (χ2n) is 6.17. The molecule has 1 fully saturated rings. The summed E-state index contributed by atoms with van der Waals surface area (Å²) >= 11 is 12.3. The van der Waals surface area contributed by atoms with Gasteiger partial charge in [-0.1, -0.05) is 59.6 Å². The van der Waals surface area contributed by atoms with Gasteiger partial charge in [0.15, 0.2) is 0 Å². The van der Waals surface area contributed by atoms with Crippen molar-refractivity contribution in [2.45, 2.75) is 13.0 Å². The highest BCUT2D eigenvalue weighted by molar-refractivity contribution is 6.36. The molecule has 2 aromatic carbocycles. The first-order valence-electron chi connectivity index (χ1n) is 8.21. The summed E-state index contributed by atoms with van der Waals surface area (Å²) in [5.74, 6) is 0.101. The number of amides is 1. The molecule has 1 amide bonds. The van der Waals surface area contributed by atoms with Crippen molar-refractivity contribution < 1.29 is 9.69 Å². The van der Waals surface area contributed by atoms with Gasteiger partial charge in [0.25, 0.3) is 0 Å². The summed E-state index contributed by atoms with van der Waals surface area (Å²) < 4.78 is 0. The van der Waals surface area contributed by atoms with Gasteiger partial charge in [0, 0.05) is 15.6 Å². The Morgan fingerprint density at radius 1 is 0.958 bits per heavy atom. The molecule has 1 heterocycles. The van der Waals surface area contributed by atoms with E-state index in [1.807, 2.05) is 11.0 Å². The van der Waals surface area contributed by atoms with E-state index in [9.17, 15) is 4.79 Å². The second kappa shape index (κ2) is 8.02. The Balaban J connectivity index is 1.54. The largest absolute Gasteiger partial charge is 0.331 e. The standard InChI is InChI=1S/C19H20Cl2N2O/c20-17-7-4-8-18(21)16(17)13-19(24)23-11-9-22(10-12-23)14-15-5-2-1-3-6-15/h1-8H,9-14H2/p+1. The predicted octanol–water partition coefficient (Wildman–Crippen LogP) is 2.46. The molecule has 3 nitrogen and oxygen atoms in total. The van der Waals surface area contributed by atoms with Gasteiger partial charge in [0.1, 0.15) is 6.54 Å². The van der Waals surface area contributed by atoms with Crippen LogP contribution in [-0.4, -0.2) is 37.0 Å². The zero-order valence-corrected chi connectivity index (χ0v) is 15.0. The highest BCUT2D eigenvalue weighted by Gasteiger charge is 2.24. The first-order valence-corrected chi connectivity index (χ1v) is 8.97. The molecule has 1 aliphatic rings. The Morgan fingerprint density at radius 3 is 2.21 bits per heavy atom. The molecule has 1 saturated heterocycles. The fraction of sp³-hybridized carbons (Fsp3) is 0.316. The van der Waals surface area contributed by atoms with Gasteiger partial charge in [0.2, 0.25) is 5.91 Å². The molecule has 0 atom stereocenters. The molecule has 0 saturated carbocycles. The van der Waals surface area contributed by atoms with E-state index in [2.05, 4.69) is 24.3 Å². The normalized spacial score (nSPS) is 15.5. The van der Waals surface area contributed by atoms with Crippen molar-refractivity contribution in [3.8, 4) is 0 Å². The van der Waals surface area contributed by atoms with Crippen LogP contribution in [0.1, 0.15) is 11.1 Å². The summed E-state index contributed by atoms with van der Waals surface area (Å²) in [6.07, 6.45) is 0.270. The average Bonchev–Trinajstić information content (AvgIpc) is 2.60. The highest BCUT2D eigenvalue weighted by Crippen LogP contribution is 2.25. The lowest BCUT2D eigenvalue weighted by molar-refractivity contribution is -0.917. The van der Waals surface area contributed by atoms with Crippen LogP contribution in [0.4, 0.5) is 0 Å². The van der Waals surface area contributed by atoms with Crippen LogP contribution >= 0.6 is 23.2 Å². The number of quaternary nitrogens is 1. The van der Waals surface area contributed by atoms with Crippen molar-refractivity contribution in [3.63, 3.8) is 0 Å². The van der Waals surface area contributed by atoms with Gasteiger partial charge in [-0.25, -0.2) is 0 Å². The Morgan fingerprint density at radius 2 is 1.58 bits per heavy atom. The summed E-state index contributed by atoms with van der Waals surface area (Å²) in [6.45, 7) is 4.51. The Labute approximate surface area is 152 Å². The molecule has 2 aromatic rings. The lowest BCUT2D eigenvalue weighted by Gasteiger charge is -2.32. The first kappa shape index (κ1) is 17.3. The predicted molar refractivity (Wildman–Crippen MR) is 97.6 cm³/mol. The van der Waals surface area contributed by atoms with E-state index < -0.39 is 0 Å². The molecular weight excluding hydrogens is 343 g/mol. The molecule has 0 spiro atoms. The smallest absolute Gasteiger partial charge is 0.227 e. The minimum atomic E-state index is 0.101. The first-order chi connectivity index (χ1) is 11.6. The number of nitrogens with one attached hydrogen (secondary N) is 1. The topological polar surface area (TPSA) is 24.8 Å². The third-order valence-electron chi connectivity index (χ3n) is 4.51. The van der Waals surface area contributed by atoms with Crippen LogP contribution in [0, 0.1) is 0 Å². The SMILES string of the molecule is O=C(Cc1c(Cl)cccc1Cl)N1CC[NH+](Cc2ccccc2)CC1. The van der Waals surface area contributed by atoms with E-state index >= 15 is 0 Å². The molecule has 0 unspecified atom stereocenters. The third-order valence-corrected chi connectivity index (χ3v) is 5.22. The Kier molecular flexibility index (Phi) is 5.77. The number of piperazine rings is 1. The lowest BCUT2D eigenvalue weighted by Crippen LogP contribution is -3.13. The van der Waals surface area contributed by atoms with Crippen LogP contribution in [0.5, 0.6) is 0 Å². The summed E-state index contributed by atoms with van der Waals surface area (Å²) in [5, 5.41) is 1.12. The van der Waals surface area contributed by atoms with E-state index in [1.165, 1.54) is 10.5 Å². The minimum absolute atomic E-state index is 0.101. The number of halogens is 2. The Hall–Kier alpha value is -1.55. The van der Waals surface area contributed by atoms with Gasteiger partial charge in [-0.05, 0) is 17.7 Å². The monoisotopic (exact) mass is 363 g/mol. The summed E-state index contributed by atoms with van der Waals surface area (Å²) in [5.41, 5.74) is 2.07. The molecular formula is C19H21Cl2N2O+. The zero-order chi connectivity index (χ0) is 16.9. The molecule has 1 aliphatic heterocycles. The molecule has 0 radical (unpaired) electrons. The molecule has 126 valence electrons. The maximum absolute atomic E-state index is 12.5. The average molecular weight is 364 g/mol. The molecule has 3 rings (SSSR count). The number of hydrogen-bond acceptors (Lipinski definition) is 1. The maximum Gasteiger partial charge on any atom is 0.227 e. The lowest BCUT2D eigenvalue weighted by atomic mass is 10.1. The van der Waals surface area contributed by atoms with Crippen molar-refractivity contribution in [2.75, 3.05) is 26.2 Å². The molecule has 0 bridgehead atoms.